The van der Waals surface area contributed by atoms with E-state index in [0.29, 0.717) is 6.54 Å². The van der Waals surface area contributed by atoms with Crippen LogP contribution in [0.4, 0.5) is 11.6 Å². The summed E-state index contributed by atoms with van der Waals surface area (Å²) in [6, 6.07) is 7.53. The highest BCUT2D eigenvalue weighted by atomic mass is 16.5. The summed E-state index contributed by atoms with van der Waals surface area (Å²) in [5.74, 6) is 1.59. The molecule has 0 spiro atoms. The highest BCUT2D eigenvalue weighted by Gasteiger charge is 2.10. The highest BCUT2D eigenvalue weighted by Crippen LogP contribution is 2.20. The Balaban J connectivity index is 1.86. The van der Waals surface area contributed by atoms with E-state index in [-0.39, 0.29) is 0 Å². The number of fused-ring (bicyclic) bond motifs is 1. The molecule has 0 aliphatic rings. The van der Waals surface area contributed by atoms with Gasteiger partial charge in [0.25, 0.3) is 0 Å². The first-order chi connectivity index (χ1) is 9.11. The third-order valence-electron chi connectivity index (χ3n) is 2.93. The SMILES string of the molecule is Cc1cc(CN(C)c2nc3ccc(N)cc3[nH]2)no1. The van der Waals surface area contributed by atoms with Crippen LogP contribution >= 0.6 is 0 Å². The lowest BCUT2D eigenvalue weighted by molar-refractivity contribution is 0.390. The number of nitrogens with one attached hydrogen (secondary N) is 1. The van der Waals surface area contributed by atoms with Crippen molar-refractivity contribution in [3.05, 3.63) is 35.7 Å². The molecule has 0 aliphatic carbocycles. The summed E-state index contributed by atoms with van der Waals surface area (Å²) in [5, 5.41) is 3.97. The Bertz CT molecular complexity index is 715. The molecule has 0 radical (unpaired) electrons. The first-order valence-corrected chi connectivity index (χ1v) is 6.00. The van der Waals surface area contributed by atoms with Crippen LogP contribution in [0.3, 0.4) is 0 Å². The molecule has 0 amide bonds. The van der Waals surface area contributed by atoms with Crippen molar-refractivity contribution >= 4 is 22.7 Å². The Kier molecular flexibility index (Phi) is 2.63. The summed E-state index contributed by atoms with van der Waals surface area (Å²) >= 11 is 0. The topological polar surface area (TPSA) is 84.0 Å². The van der Waals surface area contributed by atoms with Crippen LogP contribution in [0.1, 0.15) is 11.5 Å². The third-order valence-corrected chi connectivity index (χ3v) is 2.93. The number of nitrogens with two attached hydrogens (primary N) is 1. The maximum atomic E-state index is 5.75. The monoisotopic (exact) mass is 257 g/mol. The largest absolute Gasteiger partial charge is 0.399 e. The Hall–Kier alpha value is -2.50. The zero-order valence-electron chi connectivity index (χ0n) is 10.8. The predicted octanol–water partition coefficient (Wildman–Crippen LogP) is 2.08. The number of aromatic amines is 1. The molecule has 6 nitrogen and oxygen atoms in total. The maximum absolute atomic E-state index is 5.75. The van der Waals surface area contributed by atoms with E-state index in [9.17, 15) is 0 Å². The van der Waals surface area contributed by atoms with Gasteiger partial charge >= 0.3 is 0 Å². The van der Waals surface area contributed by atoms with E-state index < -0.39 is 0 Å². The molecule has 0 fully saturated rings. The van der Waals surface area contributed by atoms with Gasteiger partial charge < -0.3 is 20.1 Å². The molecule has 0 saturated heterocycles. The Morgan fingerprint density at radius 3 is 2.95 bits per heavy atom. The van der Waals surface area contributed by atoms with E-state index in [4.69, 9.17) is 10.3 Å². The lowest BCUT2D eigenvalue weighted by Crippen LogP contribution is -2.17. The van der Waals surface area contributed by atoms with Crippen LogP contribution in [-0.2, 0) is 6.54 Å². The number of anilines is 2. The van der Waals surface area contributed by atoms with Crippen molar-refractivity contribution in [2.24, 2.45) is 0 Å². The second kappa shape index (κ2) is 4.31. The second-order valence-corrected chi connectivity index (χ2v) is 4.62. The van der Waals surface area contributed by atoms with Crippen LogP contribution in [-0.4, -0.2) is 22.2 Å². The number of hydrogen-bond acceptors (Lipinski definition) is 5. The van der Waals surface area contributed by atoms with Crippen molar-refractivity contribution in [3.8, 4) is 0 Å². The molecular formula is C13H15N5O. The number of nitrogen functional groups attached to an aromatic ring is 1. The second-order valence-electron chi connectivity index (χ2n) is 4.62. The van der Waals surface area contributed by atoms with Crippen molar-refractivity contribution in [1.82, 2.24) is 15.1 Å². The van der Waals surface area contributed by atoms with Gasteiger partial charge in [-0.3, -0.25) is 0 Å². The fourth-order valence-corrected chi connectivity index (χ4v) is 2.00. The smallest absolute Gasteiger partial charge is 0.203 e. The molecule has 0 aliphatic heterocycles. The molecule has 6 heteroatoms. The molecule has 3 N–H and O–H groups in total. The zero-order valence-corrected chi connectivity index (χ0v) is 10.8. The van der Waals surface area contributed by atoms with Gasteiger partial charge in [-0.2, -0.15) is 0 Å². The van der Waals surface area contributed by atoms with Crippen molar-refractivity contribution < 1.29 is 4.52 Å². The van der Waals surface area contributed by atoms with Gasteiger partial charge in [0, 0.05) is 18.8 Å². The van der Waals surface area contributed by atoms with Gasteiger partial charge in [0.05, 0.1) is 17.6 Å². The number of benzene rings is 1. The summed E-state index contributed by atoms with van der Waals surface area (Å²) in [6.07, 6.45) is 0. The van der Waals surface area contributed by atoms with Gasteiger partial charge in [0.15, 0.2) is 0 Å². The summed E-state index contributed by atoms with van der Waals surface area (Å²) in [7, 11) is 1.95. The van der Waals surface area contributed by atoms with E-state index in [1.165, 1.54) is 0 Å². The lowest BCUT2D eigenvalue weighted by Gasteiger charge is -2.13. The fourth-order valence-electron chi connectivity index (χ4n) is 2.00. The van der Waals surface area contributed by atoms with Gasteiger partial charge in [-0.1, -0.05) is 5.16 Å². The quantitative estimate of drug-likeness (QED) is 0.702. The van der Waals surface area contributed by atoms with Crippen molar-refractivity contribution in [3.63, 3.8) is 0 Å². The van der Waals surface area contributed by atoms with Crippen molar-refractivity contribution in [2.45, 2.75) is 13.5 Å². The molecule has 3 aromatic rings. The molecule has 98 valence electrons. The van der Waals surface area contributed by atoms with Gasteiger partial charge in [0.2, 0.25) is 5.95 Å². The van der Waals surface area contributed by atoms with Crippen LogP contribution < -0.4 is 10.6 Å². The first-order valence-electron chi connectivity index (χ1n) is 6.00. The number of hydrogen-bond donors (Lipinski definition) is 2. The van der Waals surface area contributed by atoms with Gasteiger partial charge in [-0.25, -0.2) is 4.98 Å². The van der Waals surface area contributed by atoms with Gasteiger partial charge in [-0.05, 0) is 25.1 Å². The minimum Gasteiger partial charge on any atom is -0.399 e. The highest BCUT2D eigenvalue weighted by molar-refractivity contribution is 5.80. The molecular weight excluding hydrogens is 242 g/mol. The van der Waals surface area contributed by atoms with Crippen LogP contribution in [0.25, 0.3) is 11.0 Å². The normalized spacial score (nSPS) is 11.1. The summed E-state index contributed by atoms with van der Waals surface area (Å²) in [6.45, 7) is 2.51. The minimum atomic E-state index is 0.632. The van der Waals surface area contributed by atoms with Crippen molar-refractivity contribution in [1.29, 1.82) is 0 Å². The van der Waals surface area contributed by atoms with E-state index in [0.717, 1.165) is 34.1 Å². The Labute approximate surface area is 110 Å². The molecule has 2 aromatic heterocycles. The molecule has 19 heavy (non-hydrogen) atoms. The van der Waals surface area contributed by atoms with E-state index in [1.807, 2.05) is 43.1 Å². The average Bonchev–Trinajstić information content (AvgIpc) is 2.95. The number of rotatable bonds is 3. The van der Waals surface area contributed by atoms with E-state index in [1.54, 1.807) is 0 Å². The predicted molar refractivity (Wildman–Crippen MR) is 73.9 cm³/mol. The molecule has 2 heterocycles. The van der Waals surface area contributed by atoms with Crippen molar-refractivity contribution in [2.75, 3.05) is 17.7 Å². The molecule has 0 unspecified atom stereocenters. The zero-order chi connectivity index (χ0) is 13.4. The van der Waals surface area contributed by atoms with Crippen LogP contribution in [0, 0.1) is 6.92 Å². The van der Waals surface area contributed by atoms with Crippen LogP contribution in [0.15, 0.2) is 28.8 Å². The number of nitrogens with zero attached hydrogens (tertiary/aromatic N) is 3. The van der Waals surface area contributed by atoms with E-state index >= 15 is 0 Å². The average molecular weight is 257 g/mol. The van der Waals surface area contributed by atoms with Gasteiger partial charge in [-0.15, -0.1) is 0 Å². The number of H-pyrrole nitrogens is 1. The number of aromatic nitrogens is 3. The Morgan fingerprint density at radius 2 is 2.21 bits per heavy atom. The third kappa shape index (κ3) is 2.24. The first kappa shape index (κ1) is 11.6. The Morgan fingerprint density at radius 1 is 1.37 bits per heavy atom. The molecule has 3 rings (SSSR count). The lowest BCUT2D eigenvalue weighted by atomic mass is 10.3. The standard InChI is InChI=1S/C13H15N5O/c1-8-5-10(17-19-8)7-18(2)13-15-11-4-3-9(14)6-12(11)16-13/h3-6H,7,14H2,1-2H3,(H,15,16). The van der Waals surface area contributed by atoms with Crippen LogP contribution in [0.2, 0.25) is 0 Å². The van der Waals surface area contributed by atoms with Crippen LogP contribution in [0.5, 0.6) is 0 Å². The maximum Gasteiger partial charge on any atom is 0.203 e. The fraction of sp³-hybridized carbons (Fsp3) is 0.231. The molecule has 1 aromatic carbocycles. The molecule has 0 atom stereocenters. The summed E-state index contributed by atoms with van der Waals surface area (Å²) in [4.78, 5) is 9.73. The number of imidazole rings is 1. The summed E-state index contributed by atoms with van der Waals surface area (Å²) in [5.41, 5.74) is 9.17. The summed E-state index contributed by atoms with van der Waals surface area (Å²) < 4.78 is 5.05. The molecule has 0 bridgehead atoms. The van der Waals surface area contributed by atoms with Gasteiger partial charge in [0.1, 0.15) is 11.5 Å². The minimum absolute atomic E-state index is 0.632. The van der Waals surface area contributed by atoms with E-state index in [2.05, 4.69) is 15.1 Å². The number of aryl methyl sites for hydroxylation is 1. The molecule has 0 saturated carbocycles.